The zero-order valence-corrected chi connectivity index (χ0v) is 11.9. The first kappa shape index (κ1) is 16.3. The number of carboxylic acids is 1. The number of carbonyl (C=O) groups excluding carboxylic acids is 1. The zero-order chi connectivity index (χ0) is 15.0. The Labute approximate surface area is 122 Å². The fourth-order valence-electron chi connectivity index (χ4n) is 1.63. The van der Waals surface area contributed by atoms with Gasteiger partial charge in [-0.05, 0) is 26.1 Å². The summed E-state index contributed by atoms with van der Waals surface area (Å²) in [6.45, 7) is 1.23. The topological polar surface area (TPSA) is 90.5 Å². The third kappa shape index (κ3) is 5.07. The minimum atomic E-state index is -1.17. The van der Waals surface area contributed by atoms with Gasteiger partial charge in [-0.2, -0.15) is 0 Å². The molecule has 20 heavy (non-hydrogen) atoms. The summed E-state index contributed by atoms with van der Waals surface area (Å²) in [5.74, 6) is -1.16. The quantitative estimate of drug-likeness (QED) is 0.573. The number of carbonyl (C=O) groups is 2. The van der Waals surface area contributed by atoms with Crippen LogP contribution in [0.3, 0.4) is 0 Å². The monoisotopic (exact) mass is 299 g/mol. The molecule has 110 valence electrons. The van der Waals surface area contributed by atoms with Crippen LogP contribution in [-0.2, 0) is 4.79 Å². The fraction of sp³-hybridized carbons (Fsp3) is 0.385. The Bertz CT molecular complexity index is 468. The number of urea groups is 1. The molecule has 0 radical (unpaired) electrons. The Morgan fingerprint density at radius 2 is 2.00 bits per heavy atom. The van der Waals surface area contributed by atoms with Crippen molar-refractivity contribution in [2.24, 2.45) is 0 Å². The standard InChI is InChI=1S/C13H18ClN3O3/c1-15-7-4-8-16-13(20)17-11(12(18)19)9-5-2-3-6-10(9)14/h2-3,5-6,11,15H,4,7-8H2,1H3,(H,18,19)(H2,16,17,20)/t11-/m1/s1. The summed E-state index contributed by atoms with van der Waals surface area (Å²) in [6.07, 6.45) is 0.758. The Morgan fingerprint density at radius 1 is 1.30 bits per heavy atom. The van der Waals surface area contributed by atoms with Crippen molar-refractivity contribution in [3.63, 3.8) is 0 Å². The number of halogens is 1. The van der Waals surface area contributed by atoms with E-state index in [0.717, 1.165) is 13.0 Å². The van der Waals surface area contributed by atoms with Crippen molar-refractivity contribution in [2.75, 3.05) is 20.1 Å². The lowest BCUT2D eigenvalue weighted by atomic mass is 10.1. The van der Waals surface area contributed by atoms with Gasteiger partial charge < -0.3 is 21.1 Å². The minimum absolute atomic E-state index is 0.301. The summed E-state index contributed by atoms with van der Waals surface area (Å²) in [5, 5.41) is 17.4. The summed E-state index contributed by atoms with van der Waals surface area (Å²) < 4.78 is 0. The van der Waals surface area contributed by atoms with Crippen molar-refractivity contribution < 1.29 is 14.7 Å². The molecule has 0 aromatic heterocycles. The first-order chi connectivity index (χ1) is 9.56. The lowest BCUT2D eigenvalue weighted by Gasteiger charge is -2.16. The van der Waals surface area contributed by atoms with Crippen molar-refractivity contribution in [3.05, 3.63) is 34.9 Å². The van der Waals surface area contributed by atoms with Gasteiger partial charge in [-0.25, -0.2) is 9.59 Å². The molecular weight excluding hydrogens is 282 g/mol. The smallest absolute Gasteiger partial charge is 0.331 e. The van der Waals surface area contributed by atoms with Crippen molar-refractivity contribution in [3.8, 4) is 0 Å². The molecule has 0 heterocycles. The normalized spacial score (nSPS) is 11.7. The molecule has 2 amide bonds. The third-order valence-corrected chi connectivity index (χ3v) is 2.97. The number of hydrogen-bond donors (Lipinski definition) is 4. The molecule has 6 nitrogen and oxygen atoms in total. The lowest BCUT2D eigenvalue weighted by Crippen LogP contribution is -2.41. The number of carboxylic acid groups (broad SMARTS) is 1. The molecule has 1 rings (SSSR count). The molecule has 0 bridgehead atoms. The van der Waals surface area contributed by atoms with Gasteiger partial charge in [0.1, 0.15) is 0 Å². The van der Waals surface area contributed by atoms with Crippen LogP contribution in [0.1, 0.15) is 18.0 Å². The first-order valence-corrected chi connectivity index (χ1v) is 6.60. The van der Waals surface area contributed by atoms with Crippen LogP contribution in [0.4, 0.5) is 4.79 Å². The van der Waals surface area contributed by atoms with E-state index in [1.165, 1.54) is 0 Å². The number of aliphatic carboxylic acids is 1. The molecule has 4 N–H and O–H groups in total. The molecule has 0 aliphatic carbocycles. The van der Waals surface area contributed by atoms with E-state index in [1.54, 1.807) is 24.3 Å². The SMILES string of the molecule is CNCCCNC(=O)N[C@@H](C(=O)O)c1ccccc1Cl. The summed E-state index contributed by atoms with van der Waals surface area (Å²) in [6, 6.07) is 4.81. The third-order valence-electron chi connectivity index (χ3n) is 2.63. The van der Waals surface area contributed by atoms with Crippen LogP contribution in [0, 0.1) is 0 Å². The molecular formula is C13H18ClN3O3. The molecule has 0 fully saturated rings. The Balaban J connectivity index is 2.62. The van der Waals surface area contributed by atoms with Crippen molar-refractivity contribution in [2.45, 2.75) is 12.5 Å². The average molecular weight is 300 g/mol. The number of benzene rings is 1. The second-order valence-electron chi connectivity index (χ2n) is 4.15. The van der Waals surface area contributed by atoms with Crippen molar-refractivity contribution in [1.82, 2.24) is 16.0 Å². The Hall–Kier alpha value is -1.79. The van der Waals surface area contributed by atoms with Gasteiger partial charge in [-0.15, -0.1) is 0 Å². The van der Waals surface area contributed by atoms with E-state index >= 15 is 0 Å². The van der Waals surface area contributed by atoms with Crippen molar-refractivity contribution in [1.29, 1.82) is 0 Å². The predicted molar refractivity (Wildman–Crippen MR) is 76.9 cm³/mol. The molecule has 0 saturated heterocycles. The average Bonchev–Trinajstić information content (AvgIpc) is 2.42. The van der Waals surface area contributed by atoms with E-state index in [1.807, 2.05) is 7.05 Å². The number of amides is 2. The second-order valence-corrected chi connectivity index (χ2v) is 4.56. The van der Waals surface area contributed by atoms with Crippen LogP contribution in [0.5, 0.6) is 0 Å². The molecule has 7 heteroatoms. The van der Waals surface area contributed by atoms with E-state index in [2.05, 4.69) is 16.0 Å². The van der Waals surface area contributed by atoms with E-state index in [0.29, 0.717) is 17.1 Å². The highest BCUT2D eigenvalue weighted by Gasteiger charge is 2.23. The maximum atomic E-state index is 11.7. The summed E-state index contributed by atoms with van der Waals surface area (Å²) in [7, 11) is 1.82. The van der Waals surface area contributed by atoms with Crippen LogP contribution in [0.2, 0.25) is 5.02 Å². The van der Waals surface area contributed by atoms with Crippen LogP contribution in [0.25, 0.3) is 0 Å². The van der Waals surface area contributed by atoms with E-state index in [9.17, 15) is 14.7 Å². The van der Waals surface area contributed by atoms with Gasteiger partial charge in [-0.1, -0.05) is 29.8 Å². The van der Waals surface area contributed by atoms with Gasteiger partial charge in [-0.3, -0.25) is 0 Å². The molecule has 1 aromatic rings. The summed E-state index contributed by atoms with van der Waals surface area (Å²) >= 11 is 5.95. The van der Waals surface area contributed by atoms with Gasteiger partial charge in [0.2, 0.25) is 0 Å². The number of hydrogen-bond acceptors (Lipinski definition) is 3. The highest BCUT2D eigenvalue weighted by atomic mass is 35.5. The van der Waals surface area contributed by atoms with Crippen molar-refractivity contribution >= 4 is 23.6 Å². The highest BCUT2D eigenvalue weighted by Crippen LogP contribution is 2.22. The van der Waals surface area contributed by atoms with E-state index in [4.69, 9.17) is 11.6 Å². The van der Waals surface area contributed by atoms with E-state index < -0.39 is 18.0 Å². The maximum absolute atomic E-state index is 11.7. The number of nitrogens with one attached hydrogen (secondary N) is 3. The lowest BCUT2D eigenvalue weighted by molar-refractivity contribution is -0.139. The van der Waals surface area contributed by atoms with Gasteiger partial charge in [0.25, 0.3) is 0 Å². The van der Waals surface area contributed by atoms with E-state index in [-0.39, 0.29) is 0 Å². The number of rotatable bonds is 7. The predicted octanol–water partition coefficient (Wildman–Crippen LogP) is 1.37. The van der Waals surface area contributed by atoms with Crippen LogP contribution < -0.4 is 16.0 Å². The second kappa shape index (κ2) is 8.39. The molecule has 0 spiro atoms. The summed E-state index contributed by atoms with van der Waals surface area (Å²) in [4.78, 5) is 22.9. The zero-order valence-electron chi connectivity index (χ0n) is 11.1. The van der Waals surface area contributed by atoms with Crippen LogP contribution in [-0.4, -0.2) is 37.2 Å². The van der Waals surface area contributed by atoms with Gasteiger partial charge in [0.15, 0.2) is 6.04 Å². The Kier molecular flexibility index (Phi) is 6.83. The fourth-order valence-corrected chi connectivity index (χ4v) is 1.88. The molecule has 0 aliphatic rings. The highest BCUT2D eigenvalue weighted by molar-refractivity contribution is 6.31. The molecule has 0 saturated carbocycles. The van der Waals surface area contributed by atoms with Crippen LogP contribution in [0.15, 0.2) is 24.3 Å². The maximum Gasteiger partial charge on any atom is 0.331 e. The van der Waals surface area contributed by atoms with Gasteiger partial charge >= 0.3 is 12.0 Å². The van der Waals surface area contributed by atoms with Crippen LogP contribution >= 0.6 is 11.6 Å². The minimum Gasteiger partial charge on any atom is -0.479 e. The summed E-state index contributed by atoms with van der Waals surface area (Å²) in [5.41, 5.74) is 0.354. The molecule has 1 aromatic carbocycles. The first-order valence-electron chi connectivity index (χ1n) is 6.22. The van der Waals surface area contributed by atoms with Gasteiger partial charge in [0.05, 0.1) is 0 Å². The Morgan fingerprint density at radius 3 is 2.60 bits per heavy atom. The molecule has 0 unspecified atom stereocenters. The molecule has 1 atom stereocenters. The largest absolute Gasteiger partial charge is 0.479 e. The molecule has 0 aliphatic heterocycles. The van der Waals surface area contributed by atoms with Gasteiger partial charge in [0, 0.05) is 17.1 Å².